The van der Waals surface area contributed by atoms with E-state index in [1.54, 1.807) is 0 Å². The van der Waals surface area contributed by atoms with Crippen LogP contribution in [0.1, 0.15) is 29.6 Å². The lowest BCUT2D eigenvalue weighted by molar-refractivity contribution is -0.385. The van der Waals surface area contributed by atoms with Crippen molar-refractivity contribution in [2.75, 3.05) is 0 Å². The van der Waals surface area contributed by atoms with Crippen LogP contribution in [0.25, 0.3) is 0 Å². The molecule has 1 heterocycles. The Morgan fingerprint density at radius 3 is 2.62 bits per heavy atom. The number of hydrogen-bond acceptors (Lipinski definition) is 6. The molecule has 1 N–H and O–H groups in total. The van der Waals surface area contributed by atoms with Gasteiger partial charge in [-0.25, -0.2) is 12.7 Å². The van der Waals surface area contributed by atoms with Crippen LogP contribution in [-0.2, 0) is 10.0 Å². The number of non-ortho nitro benzene ring substituents is 1. The molecule has 1 aliphatic carbocycles. The first-order chi connectivity index (χ1) is 9.84. The van der Waals surface area contributed by atoms with E-state index in [-0.39, 0.29) is 16.1 Å². The molecule has 1 aliphatic heterocycles. The van der Waals surface area contributed by atoms with Crippen LogP contribution >= 0.6 is 0 Å². The summed E-state index contributed by atoms with van der Waals surface area (Å²) in [7, 11) is -4.15. The average molecular weight is 312 g/mol. The van der Waals surface area contributed by atoms with Gasteiger partial charge in [0.1, 0.15) is 4.90 Å². The Balaban J connectivity index is 2.12. The van der Waals surface area contributed by atoms with E-state index < -0.39 is 33.0 Å². The highest BCUT2D eigenvalue weighted by Crippen LogP contribution is 2.38. The molecule has 1 aromatic carbocycles. The molecule has 112 valence electrons. The molecule has 2 atom stereocenters. The molecule has 0 unspecified atom stereocenters. The first-order valence-corrected chi connectivity index (χ1v) is 7.83. The van der Waals surface area contributed by atoms with Crippen molar-refractivity contribution in [3.05, 3.63) is 33.9 Å². The number of carbonyl (C=O) groups is 1. The fourth-order valence-corrected chi connectivity index (χ4v) is 4.71. The maximum Gasteiger partial charge on any atom is 0.270 e. The zero-order valence-electron chi connectivity index (χ0n) is 10.8. The molecule has 1 amide bonds. The molecule has 0 radical (unpaired) electrons. The number of amides is 1. The summed E-state index contributed by atoms with van der Waals surface area (Å²) < 4.78 is 25.6. The first kappa shape index (κ1) is 14.0. The molecule has 0 aromatic heterocycles. The predicted molar refractivity (Wildman–Crippen MR) is 70.1 cm³/mol. The van der Waals surface area contributed by atoms with Gasteiger partial charge in [0.05, 0.1) is 22.6 Å². The minimum absolute atomic E-state index is 0.0836. The van der Waals surface area contributed by atoms with Crippen LogP contribution in [0.15, 0.2) is 23.1 Å². The van der Waals surface area contributed by atoms with E-state index in [0.717, 1.165) is 18.2 Å². The number of nitro groups is 1. The second-order valence-electron chi connectivity index (χ2n) is 5.11. The number of nitrogens with zero attached hydrogens (tertiary/aromatic N) is 2. The number of rotatable bonds is 2. The summed E-state index contributed by atoms with van der Waals surface area (Å²) in [6, 6.07) is 2.34. The lowest BCUT2D eigenvalue weighted by Gasteiger charge is -2.25. The average Bonchev–Trinajstić information content (AvgIpc) is 2.91. The molecule has 0 bridgehead atoms. The van der Waals surface area contributed by atoms with Gasteiger partial charge in [-0.3, -0.25) is 14.9 Å². The Morgan fingerprint density at radius 2 is 2.05 bits per heavy atom. The Morgan fingerprint density at radius 1 is 1.33 bits per heavy atom. The molecule has 1 fully saturated rings. The Kier molecular flexibility index (Phi) is 2.99. The molecular formula is C12H12N2O6S. The smallest absolute Gasteiger partial charge is 0.270 e. The highest BCUT2D eigenvalue weighted by Gasteiger charge is 2.48. The van der Waals surface area contributed by atoms with Gasteiger partial charge in [-0.1, -0.05) is 0 Å². The van der Waals surface area contributed by atoms with Crippen LogP contribution in [0.4, 0.5) is 5.69 Å². The second kappa shape index (κ2) is 4.50. The van der Waals surface area contributed by atoms with Gasteiger partial charge in [-0.15, -0.1) is 0 Å². The van der Waals surface area contributed by atoms with E-state index in [1.165, 1.54) is 0 Å². The second-order valence-corrected chi connectivity index (χ2v) is 6.89. The maximum atomic E-state index is 12.5. The number of benzene rings is 1. The van der Waals surface area contributed by atoms with Gasteiger partial charge in [0.25, 0.3) is 21.6 Å². The maximum absolute atomic E-state index is 12.5. The molecule has 3 rings (SSSR count). The van der Waals surface area contributed by atoms with Gasteiger partial charge < -0.3 is 5.11 Å². The van der Waals surface area contributed by atoms with Crippen molar-refractivity contribution in [1.29, 1.82) is 0 Å². The van der Waals surface area contributed by atoms with Crippen LogP contribution in [-0.4, -0.2) is 40.8 Å². The Labute approximate surface area is 120 Å². The summed E-state index contributed by atoms with van der Waals surface area (Å²) in [5, 5.41) is 20.6. The van der Waals surface area contributed by atoms with Gasteiger partial charge in [0.15, 0.2) is 0 Å². The predicted octanol–water partition coefficient (Wildman–Crippen LogP) is 0.653. The van der Waals surface area contributed by atoms with E-state index in [0.29, 0.717) is 23.6 Å². The van der Waals surface area contributed by atoms with E-state index in [1.807, 2.05) is 0 Å². The third-order valence-corrected chi connectivity index (χ3v) is 5.74. The van der Waals surface area contributed by atoms with E-state index in [9.17, 15) is 28.4 Å². The third-order valence-electron chi connectivity index (χ3n) is 3.89. The Hall–Kier alpha value is -2.00. The number of aliphatic hydroxyl groups excluding tert-OH is 1. The molecule has 0 saturated heterocycles. The summed E-state index contributed by atoms with van der Waals surface area (Å²) in [5.41, 5.74) is -0.473. The molecule has 2 aliphatic rings. The molecule has 9 heteroatoms. The van der Waals surface area contributed by atoms with Crippen molar-refractivity contribution in [3.8, 4) is 0 Å². The van der Waals surface area contributed by atoms with Crippen molar-refractivity contribution in [1.82, 2.24) is 4.31 Å². The number of fused-ring (bicyclic) bond motifs is 1. The highest BCUT2D eigenvalue weighted by atomic mass is 32.2. The lowest BCUT2D eigenvalue weighted by atomic mass is 10.1. The molecular weight excluding hydrogens is 300 g/mol. The minimum atomic E-state index is -4.15. The zero-order valence-corrected chi connectivity index (χ0v) is 11.6. The highest BCUT2D eigenvalue weighted by molar-refractivity contribution is 7.90. The number of nitro benzene ring substituents is 1. The molecule has 1 saturated carbocycles. The normalized spacial score (nSPS) is 26.9. The number of sulfonamides is 1. The summed E-state index contributed by atoms with van der Waals surface area (Å²) in [5.74, 6) is -0.731. The molecule has 1 aromatic rings. The topological polar surface area (TPSA) is 118 Å². The number of aliphatic hydroxyl groups is 1. The quantitative estimate of drug-likeness (QED) is 0.633. The van der Waals surface area contributed by atoms with Crippen LogP contribution < -0.4 is 0 Å². The summed E-state index contributed by atoms with van der Waals surface area (Å²) >= 11 is 0. The SMILES string of the molecule is O=C1c2ccc([N+](=O)[O-])cc2S(=O)(=O)N1[C@H]1CCC[C@@H]1O. The van der Waals surface area contributed by atoms with E-state index in [4.69, 9.17) is 0 Å². The van der Waals surface area contributed by atoms with Crippen molar-refractivity contribution < 1.29 is 23.2 Å². The summed E-state index contributed by atoms with van der Waals surface area (Å²) in [4.78, 5) is 22.0. The number of hydrogen-bond donors (Lipinski definition) is 1. The number of carbonyl (C=O) groups excluding carboxylic acids is 1. The first-order valence-electron chi connectivity index (χ1n) is 6.39. The lowest BCUT2D eigenvalue weighted by Crippen LogP contribution is -2.44. The largest absolute Gasteiger partial charge is 0.391 e. The third kappa shape index (κ3) is 1.92. The van der Waals surface area contributed by atoms with Gasteiger partial charge in [0, 0.05) is 12.1 Å². The van der Waals surface area contributed by atoms with Crippen molar-refractivity contribution >= 4 is 21.6 Å². The Bertz CT molecular complexity index is 744. The fraction of sp³-hybridized carbons (Fsp3) is 0.417. The van der Waals surface area contributed by atoms with Crippen LogP contribution in [0.2, 0.25) is 0 Å². The van der Waals surface area contributed by atoms with Crippen molar-refractivity contribution in [2.24, 2.45) is 0 Å². The molecule has 8 nitrogen and oxygen atoms in total. The van der Waals surface area contributed by atoms with Crippen LogP contribution in [0.5, 0.6) is 0 Å². The van der Waals surface area contributed by atoms with Gasteiger partial charge in [-0.2, -0.15) is 0 Å². The van der Waals surface area contributed by atoms with Crippen molar-refractivity contribution in [2.45, 2.75) is 36.3 Å². The standard InChI is InChI=1S/C12H12N2O6S/c15-10-3-1-2-9(10)13-12(16)8-5-4-7(14(17)18)6-11(8)21(13,19)20/h4-6,9-10,15H,1-3H2/t9-,10-/m0/s1. The van der Waals surface area contributed by atoms with E-state index >= 15 is 0 Å². The van der Waals surface area contributed by atoms with Crippen molar-refractivity contribution in [3.63, 3.8) is 0 Å². The summed E-state index contributed by atoms with van der Waals surface area (Å²) in [6.45, 7) is 0. The molecule has 21 heavy (non-hydrogen) atoms. The van der Waals surface area contributed by atoms with Gasteiger partial charge in [0.2, 0.25) is 0 Å². The van der Waals surface area contributed by atoms with E-state index in [2.05, 4.69) is 0 Å². The fourth-order valence-electron chi connectivity index (χ4n) is 2.87. The zero-order chi connectivity index (χ0) is 15.4. The molecule has 0 spiro atoms. The van der Waals surface area contributed by atoms with Gasteiger partial charge in [-0.05, 0) is 25.3 Å². The minimum Gasteiger partial charge on any atom is -0.391 e. The van der Waals surface area contributed by atoms with Gasteiger partial charge >= 0.3 is 0 Å². The summed E-state index contributed by atoms with van der Waals surface area (Å²) in [6.07, 6.45) is 0.553. The van der Waals surface area contributed by atoms with Crippen LogP contribution in [0.3, 0.4) is 0 Å². The van der Waals surface area contributed by atoms with Crippen LogP contribution in [0, 0.1) is 10.1 Å². The monoisotopic (exact) mass is 312 g/mol.